The number of methoxy groups -OCH3 is 1. The fourth-order valence-electron chi connectivity index (χ4n) is 5.32. The van der Waals surface area contributed by atoms with E-state index < -0.39 is 22.5 Å². The number of hydrogen-bond acceptors (Lipinski definition) is 10. The van der Waals surface area contributed by atoms with Gasteiger partial charge in [0.2, 0.25) is 0 Å². The van der Waals surface area contributed by atoms with Gasteiger partial charge < -0.3 is 18.6 Å². The van der Waals surface area contributed by atoms with Gasteiger partial charge in [-0.2, -0.15) is 0 Å². The Labute approximate surface area is 286 Å². The molecule has 11 nitrogen and oxygen atoms in total. The van der Waals surface area contributed by atoms with Gasteiger partial charge in [0.25, 0.3) is 11.2 Å². The van der Waals surface area contributed by atoms with Crippen LogP contribution in [0.2, 0.25) is 0 Å². The molecule has 1 aliphatic heterocycles. The van der Waals surface area contributed by atoms with Gasteiger partial charge in [0.15, 0.2) is 16.3 Å². The molecule has 3 aromatic carbocycles. The van der Waals surface area contributed by atoms with Gasteiger partial charge in [0.05, 0.1) is 46.1 Å². The second kappa shape index (κ2) is 13.8. The smallest absolute Gasteiger partial charge is 0.338 e. The quantitative estimate of drug-likeness (QED) is 0.0927. The second-order valence-corrected chi connectivity index (χ2v) is 12.5. The number of carbonyl (C=O) groups excluding carboxylic acids is 1. The van der Waals surface area contributed by atoms with Crippen molar-refractivity contribution in [3.63, 3.8) is 0 Å². The molecule has 0 N–H and O–H groups in total. The Hall–Kier alpha value is -5.27. The number of hydrogen-bond donors (Lipinski definition) is 0. The van der Waals surface area contributed by atoms with Gasteiger partial charge in [-0.05, 0) is 55.8 Å². The Bertz CT molecular complexity index is 2240. The lowest BCUT2D eigenvalue weighted by Crippen LogP contribution is -2.39. The van der Waals surface area contributed by atoms with Crippen molar-refractivity contribution in [3.8, 4) is 22.8 Å². The van der Waals surface area contributed by atoms with E-state index in [0.717, 1.165) is 26.9 Å². The molecule has 0 fully saturated rings. The molecule has 0 radical (unpaired) electrons. The van der Waals surface area contributed by atoms with Crippen LogP contribution in [-0.4, -0.2) is 29.2 Å². The highest BCUT2D eigenvalue weighted by atomic mass is 79.9. The molecule has 48 heavy (non-hydrogen) atoms. The van der Waals surface area contributed by atoms with Crippen molar-refractivity contribution in [1.29, 1.82) is 0 Å². The number of nitro benzene ring substituents is 1. The third-order valence-corrected chi connectivity index (χ3v) is 9.09. The average Bonchev–Trinajstić information content (AvgIpc) is 3.68. The topological polar surface area (TPSA) is 135 Å². The third kappa shape index (κ3) is 6.46. The molecule has 0 amide bonds. The lowest BCUT2D eigenvalue weighted by atomic mass is 10.0. The maximum Gasteiger partial charge on any atom is 0.338 e. The lowest BCUT2D eigenvalue weighted by molar-refractivity contribution is -0.385. The summed E-state index contributed by atoms with van der Waals surface area (Å²) in [5.74, 6) is 0.664. The Balaban J connectivity index is 1.46. The summed E-state index contributed by atoms with van der Waals surface area (Å²) in [6, 6.07) is 22.1. The molecule has 0 bridgehead atoms. The van der Waals surface area contributed by atoms with E-state index in [1.807, 2.05) is 54.6 Å². The number of allylic oxidation sites excluding steroid dienone is 1. The lowest BCUT2D eigenvalue weighted by Gasteiger charge is -2.22. The van der Waals surface area contributed by atoms with E-state index in [1.54, 1.807) is 26.0 Å². The van der Waals surface area contributed by atoms with Crippen LogP contribution in [0.5, 0.6) is 11.5 Å². The summed E-state index contributed by atoms with van der Waals surface area (Å²) in [6.07, 6.45) is 1.42. The molecule has 1 aliphatic rings. The summed E-state index contributed by atoms with van der Waals surface area (Å²) < 4.78 is 25.4. The minimum Gasteiger partial charge on any atom is -0.493 e. The first-order chi connectivity index (χ1) is 23.2. The molecule has 0 aliphatic carbocycles. The van der Waals surface area contributed by atoms with E-state index in [2.05, 4.69) is 20.9 Å². The largest absolute Gasteiger partial charge is 0.493 e. The summed E-state index contributed by atoms with van der Waals surface area (Å²) in [6.45, 7) is 3.64. The Morgan fingerprint density at radius 1 is 1.10 bits per heavy atom. The van der Waals surface area contributed by atoms with E-state index in [1.165, 1.54) is 29.9 Å². The van der Waals surface area contributed by atoms with Crippen LogP contribution in [0.3, 0.4) is 0 Å². The number of esters is 1. The highest BCUT2D eigenvalue weighted by Crippen LogP contribution is 2.37. The van der Waals surface area contributed by atoms with Gasteiger partial charge in [-0.15, -0.1) is 0 Å². The highest BCUT2D eigenvalue weighted by molar-refractivity contribution is 9.10. The van der Waals surface area contributed by atoms with Crippen LogP contribution in [0.4, 0.5) is 5.69 Å². The zero-order valence-electron chi connectivity index (χ0n) is 26.0. The van der Waals surface area contributed by atoms with Crippen molar-refractivity contribution in [2.24, 2.45) is 4.99 Å². The van der Waals surface area contributed by atoms with E-state index >= 15 is 0 Å². The second-order valence-electron chi connectivity index (χ2n) is 10.6. The van der Waals surface area contributed by atoms with E-state index in [9.17, 15) is 19.7 Å². The molecule has 6 rings (SSSR count). The van der Waals surface area contributed by atoms with Crippen molar-refractivity contribution in [2.45, 2.75) is 26.5 Å². The first-order valence-corrected chi connectivity index (χ1v) is 16.4. The summed E-state index contributed by atoms with van der Waals surface area (Å²) in [5.41, 5.74) is 1.52. The zero-order chi connectivity index (χ0) is 33.9. The predicted octanol–water partition coefficient (Wildman–Crippen LogP) is 6.32. The number of rotatable bonds is 10. The number of fused-ring (bicyclic) bond motifs is 1. The van der Waals surface area contributed by atoms with Crippen LogP contribution >= 0.6 is 27.3 Å². The Kier molecular flexibility index (Phi) is 9.42. The molecule has 1 atom stereocenters. The number of thiazole rings is 1. The molecule has 5 aromatic rings. The minimum absolute atomic E-state index is 0.117. The van der Waals surface area contributed by atoms with Crippen LogP contribution in [0.15, 0.2) is 109 Å². The van der Waals surface area contributed by atoms with Crippen molar-refractivity contribution in [3.05, 3.63) is 141 Å². The van der Waals surface area contributed by atoms with Gasteiger partial charge in [0.1, 0.15) is 24.2 Å². The molecular weight excluding hydrogens is 702 g/mol. The summed E-state index contributed by atoms with van der Waals surface area (Å²) in [4.78, 5) is 44.0. The number of nitro groups is 1. The van der Waals surface area contributed by atoms with Crippen LogP contribution in [0.1, 0.15) is 36.8 Å². The Morgan fingerprint density at radius 3 is 2.54 bits per heavy atom. The third-order valence-electron chi connectivity index (χ3n) is 7.58. The number of nitrogens with zero attached hydrogens (tertiary/aromatic N) is 3. The molecule has 0 spiro atoms. The van der Waals surface area contributed by atoms with Gasteiger partial charge in [0, 0.05) is 10.0 Å². The fraction of sp³-hybridized carbons (Fsp3) is 0.171. The van der Waals surface area contributed by atoms with Crippen LogP contribution < -0.4 is 24.4 Å². The number of aromatic nitrogens is 1. The van der Waals surface area contributed by atoms with Gasteiger partial charge in [-0.3, -0.25) is 19.5 Å². The molecular formula is C35H28BrN3O8S. The molecule has 0 unspecified atom stereocenters. The minimum atomic E-state index is -0.995. The number of carbonyl (C=O) groups is 1. The molecule has 244 valence electrons. The molecule has 0 saturated heterocycles. The van der Waals surface area contributed by atoms with E-state index in [-0.39, 0.29) is 46.1 Å². The standard InChI is InChI=1S/C35H28BrN3O8S/c1-4-45-34(41)31-20(2)37-35-38(32(31)27-15-14-26(47-27)22-10-12-24(36)13-11-22)33(40)30(48-35)17-23-16-28(44-3)29(18-25(23)39(42)43)46-19-21-8-6-5-7-9-21/h5-18,32H,4,19H2,1-3H3/b30-17-/t32-/m1/s1. The van der Waals surface area contributed by atoms with Gasteiger partial charge in [-0.1, -0.05) is 69.7 Å². The summed E-state index contributed by atoms with van der Waals surface area (Å²) in [7, 11) is 1.43. The van der Waals surface area contributed by atoms with E-state index in [0.29, 0.717) is 22.0 Å². The van der Waals surface area contributed by atoms with Crippen molar-refractivity contribution >= 4 is 45.0 Å². The highest BCUT2D eigenvalue weighted by Gasteiger charge is 2.35. The maximum atomic E-state index is 14.1. The van der Waals surface area contributed by atoms with Gasteiger partial charge in [-0.25, -0.2) is 9.79 Å². The van der Waals surface area contributed by atoms with Crippen molar-refractivity contribution < 1.29 is 28.3 Å². The van der Waals surface area contributed by atoms with Crippen molar-refractivity contribution in [1.82, 2.24) is 4.57 Å². The molecule has 3 heterocycles. The predicted molar refractivity (Wildman–Crippen MR) is 183 cm³/mol. The molecule has 13 heteroatoms. The number of halogens is 1. The first-order valence-electron chi connectivity index (χ1n) is 14.8. The first kappa shape index (κ1) is 32.7. The maximum absolute atomic E-state index is 14.1. The van der Waals surface area contributed by atoms with Crippen LogP contribution in [-0.2, 0) is 16.1 Å². The number of furan rings is 1. The van der Waals surface area contributed by atoms with E-state index in [4.69, 9.17) is 18.6 Å². The van der Waals surface area contributed by atoms with Crippen LogP contribution in [0, 0.1) is 10.1 Å². The van der Waals surface area contributed by atoms with Crippen molar-refractivity contribution in [2.75, 3.05) is 13.7 Å². The SMILES string of the molecule is CCOC(=O)C1=C(C)N=c2s/c(=C\c3cc(OC)c(OCc4ccccc4)cc3[N+](=O)[O-])c(=O)n2[C@@H]1c1ccc(-c2ccc(Br)cc2)o1. The summed E-state index contributed by atoms with van der Waals surface area (Å²) >= 11 is 4.47. The van der Waals surface area contributed by atoms with Gasteiger partial charge >= 0.3 is 5.97 Å². The number of ether oxygens (including phenoxy) is 3. The molecule has 2 aromatic heterocycles. The number of benzene rings is 3. The molecule has 0 saturated carbocycles. The Morgan fingerprint density at radius 2 is 1.85 bits per heavy atom. The monoisotopic (exact) mass is 729 g/mol. The normalized spacial score (nSPS) is 14.3. The summed E-state index contributed by atoms with van der Waals surface area (Å²) in [5, 5.41) is 12.2. The van der Waals surface area contributed by atoms with Crippen LogP contribution in [0.25, 0.3) is 17.4 Å². The zero-order valence-corrected chi connectivity index (χ0v) is 28.4. The average molecular weight is 731 g/mol. The fourth-order valence-corrected chi connectivity index (χ4v) is 6.62.